The summed E-state index contributed by atoms with van der Waals surface area (Å²) in [6.07, 6.45) is 5.20. The minimum Gasteiger partial charge on any atom is -0.368 e. The van der Waals surface area contributed by atoms with Gasteiger partial charge in [0, 0.05) is 0 Å². The average molecular weight is 239 g/mol. The highest BCUT2D eigenvalue weighted by Crippen LogP contribution is 2.35. The van der Waals surface area contributed by atoms with E-state index >= 15 is 0 Å². The molecule has 0 heterocycles. The molecule has 1 fully saturated rings. The number of hydrogen-bond donors (Lipinski definition) is 1. The van der Waals surface area contributed by atoms with Gasteiger partial charge in [-0.05, 0) is 36.8 Å². The molecule has 0 aromatic heterocycles. The third kappa shape index (κ3) is 4.50. The van der Waals surface area contributed by atoms with Gasteiger partial charge < -0.3 is 10.1 Å². The van der Waals surface area contributed by atoms with Gasteiger partial charge in [-0.3, -0.25) is 4.79 Å². The Kier molecular flexibility index (Phi) is 5.69. The molecule has 17 heavy (non-hydrogen) atoms. The molecule has 98 valence electrons. The smallest absolute Gasteiger partial charge is 0.249 e. The first kappa shape index (κ1) is 14.2. The first-order chi connectivity index (χ1) is 8.04. The van der Waals surface area contributed by atoms with E-state index in [0.717, 1.165) is 6.42 Å². The second kappa shape index (κ2) is 6.80. The summed E-state index contributed by atoms with van der Waals surface area (Å²) >= 11 is 0. The molecular weight excluding hydrogens is 214 g/mol. The summed E-state index contributed by atoms with van der Waals surface area (Å²) in [5, 5.41) is 2.54. The van der Waals surface area contributed by atoms with Crippen molar-refractivity contribution in [3.8, 4) is 0 Å². The molecule has 0 aliphatic heterocycles. The summed E-state index contributed by atoms with van der Waals surface area (Å²) in [7, 11) is 0. The van der Waals surface area contributed by atoms with Gasteiger partial charge >= 0.3 is 0 Å². The normalized spacial score (nSPS) is 29.1. The molecule has 1 aliphatic rings. The van der Waals surface area contributed by atoms with Crippen LogP contribution < -0.4 is 5.32 Å². The van der Waals surface area contributed by atoms with Gasteiger partial charge in [-0.15, -0.1) is 0 Å². The lowest BCUT2D eigenvalue weighted by molar-refractivity contribution is -0.130. The predicted molar refractivity (Wildman–Crippen MR) is 69.4 cm³/mol. The van der Waals surface area contributed by atoms with Crippen LogP contribution in [-0.4, -0.2) is 18.6 Å². The maximum absolute atomic E-state index is 11.3. The Morgan fingerprint density at radius 3 is 2.82 bits per heavy atom. The van der Waals surface area contributed by atoms with Crippen LogP contribution in [0, 0.1) is 17.8 Å². The van der Waals surface area contributed by atoms with Crippen LogP contribution in [0.25, 0.3) is 0 Å². The molecule has 3 unspecified atom stereocenters. The summed E-state index contributed by atoms with van der Waals surface area (Å²) in [4.78, 5) is 11.3. The third-order valence-electron chi connectivity index (χ3n) is 3.65. The topological polar surface area (TPSA) is 38.3 Å². The van der Waals surface area contributed by atoms with Crippen molar-refractivity contribution in [2.75, 3.05) is 6.61 Å². The van der Waals surface area contributed by atoms with E-state index in [-0.39, 0.29) is 18.6 Å². The fourth-order valence-corrected chi connectivity index (χ4v) is 2.64. The van der Waals surface area contributed by atoms with Crippen LogP contribution in [0.5, 0.6) is 0 Å². The maximum atomic E-state index is 11.3. The molecule has 0 aromatic rings. The summed E-state index contributed by atoms with van der Waals surface area (Å²) in [6, 6.07) is 0. The van der Waals surface area contributed by atoms with Crippen molar-refractivity contribution < 1.29 is 9.53 Å². The zero-order chi connectivity index (χ0) is 12.8. The van der Waals surface area contributed by atoms with Crippen molar-refractivity contribution in [3.05, 3.63) is 12.8 Å². The Labute approximate surface area is 105 Å². The van der Waals surface area contributed by atoms with Crippen LogP contribution in [0.4, 0.5) is 0 Å². The van der Waals surface area contributed by atoms with Crippen molar-refractivity contribution in [3.63, 3.8) is 0 Å². The first-order valence-electron chi connectivity index (χ1n) is 6.56. The highest BCUT2D eigenvalue weighted by Gasteiger charge is 2.31. The van der Waals surface area contributed by atoms with E-state index in [1.54, 1.807) is 0 Å². The molecule has 1 aliphatic carbocycles. The van der Waals surface area contributed by atoms with Crippen molar-refractivity contribution in [1.29, 1.82) is 0 Å². The Balaban J connectivity index is 2.46. The molecule has 3 atom stereocenters. The maximum Gasteiger partial charge on any atom is 0.249 e. The standard InChI is InChI=1S/C14H25NO2/c1-5-15-14(16)9-17-13-8-11(4)6-7-12(13)10(2)3/h5,10-13H,1,6-9H2,2-4H3,(H,15,16). The quantitative estimate of drug-likeness (QED) is 0.801. The lowest BCUT2D eigenvalue weighted by Crippen LogP contribution is -2.36. The minimum atomic E-state index is -0.110. The van der Waals surface area contributed by atoms with Gasteiger partial charge in [0.05, 0.1) is 6.10 Å². The first-order valence-corrected chi connectivity index (χ1v) is 6.56. The Morgan fingerprint density at radius 2 is 2.24 bits per heavy atom. The van der Waals surface area contributed by atoms with Crippen molar-refractivity contribution in [2.24, 2.45) is 17.8 Å². The van der Waals surface area contributed by atoms with Gasteiger partial charge in [0.25, 0.3) is 0 Å². The molecule has 3 nitrogen and oxygen atoms in total. The molecule has 3 heteroatoms. The van der Waals surface area contributed by atoms with Crippen LogP contribution in [-0.2, 0) is 9.53 Å². The molecule has 1 amide bonds. The molecule has 1 saturated carbocycles. The number of nitrogens with one attached hydrogen (secondary N) is 1. The fourth-order valence-electron chi connectivity index (χ4n) is 2.64. The van der Waals surface area contributed by atoms with Gasteiger partial charge in [-0.2, -0.15) is 0 Å². The lowest BCUT2D eigenvalue weighted by atomic mass is 9.75. The number of amides is 1. The van der Waals surface area contributed by atoms with E-state index in [9.17, 15) is 4.79 Å². The van der Waals surface area contributed by atoms with Crippen LogP contribution in [0.3, 0.4) is 0 Å². The van der Waals surface area contributed by atoms with Crippen LogP contribution in [0.2, 0.25) is 0 Å². The van der Waals surface area contributed by atoms with E-state index < -0.39 is 0 Å². The van der Waals surface area contributed by atoms with E-state index in [4.69, 9.17) is 4.74 Å². The molecular formula is C14H25NO2. The number of hydrogen-bond acceptors (Lipinski definition) is 2. The third-order valence-corrected chi connectivity index (χ3v) is 3.65. The SMILES string of the molecule is C=CNC(=O)COC1CC(C)CCC1C(C)C. The van der Waals surface area contributed by atoms with Gasteiger partial charge in [0.15, 0.2) is 0 Å². The number of carbonyl (C=O) groups excluding carboxylic acids is 1. The van der Waals surface area contributed by atoms with E-state index in [1.807, 2.05) is 0 Å². The highest BCUT2D eigenvalue weighted by atomic mass is 16.5. The highest BCUT2D eigenvalue weighted by molar-refractivity contribution is 5.78. The van der Waals surface area contributed by atoms with Gasteiger partial charge in [-0.1, -0.05) is 33.8 Å². The molecule has 0 spiro atoms. The average Bonchev–Trinajstić information content (AvgIpc) is 2.26. The molecule has 0 radical (unpaired) electrons. The largest absolute Gasteiger partial charge is 0.368 e. The lowest BCUT2D eigenvalue weighted by Gasteiger charge is -2.37. The predicted octanol–water partition coefficient (Wildman–Crippen LogP) is 2.72. The van der Waals surface area contributed by atoms with Gasteiger partial charge in [0.2, 0.25) is 5.91 Å². The van der Waals surface area contributed by atoms with E-state index in [1.165, 1.54) is 19.0 Å². The summed E-state index contributed by atoms with van der Waals surface area (Å²) in [5.41, 5.74) is 0. The van der Waals surface area contributed by atoms with Crippen LogP contribution >= 0.6 is 0 Å². The fraction of sp³-hybridized carbons (Fsp3) is 0.786. The van der Waals surface area contributed by atoms with E-state index in [0.29, 0.717) is 17.8 Å². The Bertz CT molecular complexity index is 263. The molecule has 0 bridgehead atoms. The Hall–Kier alpha value is -0.830. The second-order valence-corrected chi connectivity index (χ2v) is 5.45. The van der Waals surface area contributed by atoms with Crippen molar-refractivity contribution in [2.45, 2.75) is 46.1 Å². The van der Waals surface area contributed by atoms with Gasteiger partial charge in [-0.25, -0.2) is 0 Å². The Morgan fingerprint density at radius 1 is 1.53 bits per heavy atom. The summed E-state index contributed by atoms with van der Waals surface area (Å²) in [5.74, 6) is 1.80. The molecule has 1 rings (SSSR count). The van der Waals surface area contributed by atoms with E-state index in [2.05, 4.69) is 32.7 Å². The molecule has 0 aromatic carbocycles. The van der Waals surface area contributed by atoms with Crippen molar-refractivity contribution >= 4 is 5.91 Å². The zero-order valence-electron chi connectivity index (χ0n) is 11.2. The monoisotopic (exact) mass is 239 g/mol. The van der Waals surface area contributed by atoms with Crippen LogP contribution in [0.1, 0.15) is 40.0 Å². The van der Waals surface area contributed by atoms with Crippen molar-refractivity contribution in [1.82, 2.24) is 5.32 Å². The molecule has 1 N–H and O–H groups in total. The second-order valence-electron chi connectivity index (χ2n) is 5.45. The zero-order valence-corrected chi connectivity index (χ0v) is 11.2. The number of rotatable bonds is 5. The summed E-state index contributed by atoms with van der Waals surface area (Å²) in [6.45, 7) is 10.3. The van der Waals surface area contributed by atoms with Gasteiger partial charge in [0.1, 0.15) is 6.61 Å². The minimum absolute atomic E-state index is 0.110. The summed E-state index contributed by atoms with van der Waals surface area (Å²) < 4.78 is 5.78. The number of carbonyl (C=O) groups is 1. The van der Waals surface area contributed by atoms with Crippen LogP contribution in [0.15, 0.2) is 12.8 Å². The number of ether oxygens (including phenoxy) is 1. The molecule has 0 saturated heterocycles.